The normalized spacial score (nSPS) is 24.3. The number of fused-ring (bicyclic) bond motifs is 1. The molecule has 1 aromatic heterocycles. The molecule has 0 saturated heterocycles. The van der Waals surface area contributed by atoms with Crippen LogP contribution in [-0.4, -0.2) is 10.4 Å². The van der Waals surface area contributed by atoms with Crippen molar-refractivity contribution < 1.29 is 0 Å². The van der Waals surface area contributed by atoms with Gasteiger partial charge in [0.2, 0.25) is 0 Å². The Labute approximate surface area is 64.2 Å². The lowest BCUT2D eigenvalue weighted by Gasteiger charge is -2.16. The van der Waals surface area contributed by atoms with E-state index in [-0.39, 0.29) is 0 Å². The third kappa shape index (κ3) is 0.954. The van der Waals surface area contributed by atoms with Gasteiger partial charge in [0.1, 0.15) is 0 Å². The van der Waals surface area contributed by atoms with Crippen molar-refractivity contribution in [2.24, 2.45) is 5.73 Å². The maximum atomic E-state index is 5.79. The van der Waals surface area contributed by atoms with Gasteiger partial charge in [-0.3, -0.25) is 0 Å². The van der Waals surface area contributed by atoms with Crippen molar-refractivity contribution in [1.82, 2.24) is 4.37 Å². The molecule has 0 amide bonds. The van der Waals surface area contributed by atoms with Crippen LogP contribution >= 0.6 is 11.5 Å². The summed E-state index contributed by atoms with van der Waals surface area (Å²) in [6.45, 7) is 0. The fourth-order valence-corrected chi connectivity index (χ4v) is 2.11. The highest BCUT2D eigenvalue weighted by atomic mass is 32.1. The fraction of sp³-hybridized carbons (Fsp3) is 0.571. The van der Waals surface area contributed by atoms with E-state index in [2.05, 4.69) is 9.75 Å². The van der Waals surface area contributed by atoms with Gasteiger partial charge in [-0.15, -0.1) is 0 Å². The van der Waals surface area contributed by atoms with Crippen LogP contribution in [0, 0.1) is 0 Å². The summed E-state index contributed by atoms with van der Waals surface area (Å²) < 4.78 is 4.28. The Bertz CT molecular complexity index is 231. The Balaban J connectivity index is 2.30. The Hall–Kier alpha value is -0.410. The molecule has 0 aromatic carbocycles. The van der Waals surface area contributed by atoms with E-state index < -0.39 is 0 Å². The maximum absolute atomic E-state index is 5.79. The molecule has 0 bridgehead atoms. The Morgan fingerprint density at radius 3 is 3.50 bits per heavy atom. The van der Waals surface area contributed by atoms with Crippen molar-refractivity contribution in [3.8, 4) is 0 Å². The molecule has 3 heteroatoms. The number of nitrogens with zero attached hydrogens (tertiary/aromatic N) is 1. The van der Waals surface area contributed by atoms with Crippen molar-refractivity contribution >= 4 is 11.5 Å². The zero-order chi connectivity index (χ0) is 6.97. The topological polar surface area (TPSA) is 38.9 Å². The highest BCUT2D eigenvalue weighted by Crippen LogP contribution is 2.20. The maximum Gasteiger partial charge on any atom is 0.0575 e. The lowest BCUT2D eigenvalue weighted by molar-refractivity contribution is 0.572. The van der Waals surface area contributed by atoms with E-state index in [0.717, 1.165) is 19.3 Å². The summed E-state index contributed by atoms with van der Waals surface area (Å²) in [5, 5.41) is 2.12. The molecule has 0 aliphatic heterocycles. The van der Waals surface area contributed by atoms with Crippen LogP contribution in [-0.2, 0) is 12.8 Å². The van der Waals surface area contributed by atoms with Crippen LogP contribution in [0.15, 0.2) is 5.38 Å². The lowest BCUT2D eigenvalue weighted by Crippen LogP contribution is -2.27. The van der Waals surface area contributed by atoms with E-state index in [1.165, 1.54) is 11.3 Å². The summed E-state index contributed by atoms with van der Waals surface area (Å²) in [6, 6.07) is 0.379. The van der Waals surface area contributed by atoms with Crippen LogP contribution in [0.1, 0.15) is 17.7 Å². The average Bonchev–Trinajstić information content (AvgIpc) is 2.33. The molecule has 1 atom stereocenters. The molecule has 1 aliphatic rings. The molecule has 1 heterocycles. The number of aryl methyl sites for hydroxylation is 1. The molecule has 10 heavy (non-hydrogen) atoms. The van der Waals surface area contributed by atoms with E-state index in [1.54, 1.807) is 11.5 Å². The van der Waals surface area contributed by atoms with E-state index in [4.69, 9.17) is 5.73 Å². The monoisotopic (exact) mass is 154 g/mol. The van der Waals surface area contributed by atoms with Gasteiger partial charge in [0.05, 0.1) is 5.69 Å². The molecule has 54 valence electrons. The lowest BCUT2D eigenvalue weighted by atomic mass is 9.95. The van der Waals surface area contributed by atoms with Crippen LogP contribution in [0.4, 0.5) is 0 Å². The molecule has 0 saturated carbocycles. The zero-order valence-corrected chi connectivity index (χ0v) is 6.53. The van der Waals surface area contributed by atoms with E-state index in [0.29, 0.717) is 6.04 Å². The molecular weight excluding hydrogens is 144 g/mol. The average molecular weight is 154 g/mol. The highest BCUT2D eigenvalue weighted by Gasteiger charge is 2.16. The molecule has 2 nitrogen and oxygen atoms in total. The van der Waals surface area contributed by atoms with Crippen molar-refractivity contribution in [2.75, 3.05) is 0 Å². The number of hydrogen-bond acceptors (Lipinski definition) is 3. The van der Waals surface area contributed by atoms with Crippen molar-refractivity contribution in [1.29, 1.82) is 0 Å². The predicted octanol–water partition coefficient (Wildman–Crippen LogP) is 0.959. The van der Waals surface area contributed by atoms with Gasteiger partial charge in [0, 0.05) is 11.4 Å². The molecule has 2 N–H and O–H groups in total. The highest BCUT2D eigenvalue weighted by molar-refractivity contribution is 7.03. The smallest absolute Gasteiger partial charge is 0.0575 e. The molecule has 1 unspecified atom stereocenters. The Kier molecular flexibility index (Phi) is 1.47. The Morgan fingerprint density at radius 1 is 1.70 bits per heavy atom. The minimum atomic E-state index is 0.379. The summed E-state index contributed by atoms with van der Waals surface area (Å²) >= 11 is 1.55. The van der Waals surface area contributed by atoms with Gasteiger partial charge in [0.15, 0.2) is 0 Å². The van der Waals surface area contributed by atoms with Gasteiger partial charge in [0.25, 0.3) is 0 Å². The first kappa shape index (κ1) is 6.31. The molecule has 2 rings (SSSR count). The van der Waals surface area contributed by atoms with Crippen molar-refractivity contribution in [3.05, 3.63) is 16.6 Å². The standard InChI is InChI=1S/C7H10N2S/c8-6-1-2-7-5(3-6)4-10-9-7/h4,6H,1-3,8H2. The molecule has 0 fully saturated rings. The van der Waals surface area contributed by atoms with Crippen LogP contribution in [0.2, 0.25) is 0 Å². The third-order valence-corrected chi connectivity index (χ3v) is 2.68. The van der Waals surface area contributed by atoms with Crippen LogP contribution in [0.3, 0.4) is 0 Å². The van der Waals surface area contributed by atoms with Gasteiger partial charge in [-0.2, -0.15) is 4.37 Å². The van der Waals surface area contributed by atoms with E-state index in [1.807, 2.05) is 0 Å². The SMILES string of the molecule is NC1CCc2nscc2C1. The summed E-state index contributed by atoms with van der Waals surface area (Å²) in [6.07, 6.45) is 3.22. The van der Waals surface area contributed by atoms with Gasteiger partial charge in [-0.05, 0) is 36.4 Å². The minimum Gasteiger partial charge on any atom is -0.327 e. The summed E-state index contributed by atoms with van der Waals surface area (Å²) in [4.78, 5) is 0. The second-order valence-electron chi connectivity index (χ2n) is 2.79. The largest absolute Gasteiger partial charge is 0.327 e. The number of rotatable bonds is 0. The van der Waals surface area contributed by atoms with Crippen molar-refractivity contribution in [2.45, 2.75) is 25.3 Å². The first-order valence-electron chi connectivity index (χ1n) is 3.54. The third-order valence-electron chi connectivity index (χ3n) is 1.96. The van der Waals surface area contributed by atoms with E-state index in [9.17, 15) is 0 Å². The molecule has 0 spiro atoms. The summed E-state index contributed by atoms with van der Waals surface area (Å²) in [5.41, 5.74) is 8.45. The van der Waals surface area contributed by atoms with Crippen LogP contribution < -0.4 is 5.73 Å². The summed E-state index contributed by atoms with van der Waals surface area (Å²) in [5.74, 6) is 0. The number of aromatic nitrogens is 1. The first-order chi connectivity index (χ1) is 4.86. The Morgan fingerprint density at radius 2 is 2.60 bits per heavy atom. The molecule has 0 radical (unpaired) electrons. The quantitative estimate of drug-likeness (QED) is 0.604. The predicted molar refractivity (Wildman–Crippen MR) is 42.1 cm³/mol. The first-order valence-corrected chi connectivity index (χ1v) is 4.37. The van der Waals surface area contributed by atoms with Crippen molar-refractivity contribution in [3.63, 3.8) is 0 Å². The van der Waals surface area contributed by atoms with Crippen LogP contribution in [0.5, 0.6) is 0 Å². The molecule has 1 aromatic rings. The van der Waals surface area contributed by atoms with Crippen LogP contribution in [0.25, 0.3) is 0 Å². The van der Waals surface area contributed by atoms with Gasteiger partial charge in [-0.25, -0.2) is 0 Å². The van der Waals surface area contributed by atoms with Gasteiger partial charge in [-0.1, -0.05) is 0 Å². The molecule has 1 aliphatic carbocycles. The fourth-order valence-electron chi connectivity index (χ4n) is 1.36. The molecular formula is C7H10N2S. The number of nitrogens with two attached hydrogens (primary N) is 1. The summed E-state index contributed by atoms with van der Waals surface area (Å²) in [7, 11) is 0. The van der Waals surface area contributed by atoms with Gasteiger partial charge >= 0.3 is 0 Å². The van der Waals surface area contributed by atoms with E-state index >= 15 is 0 Å². The second-order valence-corrected chi connectivity index (χ2v) is 3.42. The van der Waals surface area contributed by atoms with Gasteiger partial charge < -0.3 is 5.73 Å². The zero-order valence-electron chi connectivity index (χ0n) is 5.71. The number of hydrogen-bond donors (Lipinski definition) is 1. The minimum absolute atomic E-state index is 0.379. The second kappa shape index (κ2) is 2.32.